The van der Waals surface area contributed by atoms with E-state index in [1.54, 1.807) is 12.1 Å². The zero-order valence-electron chi connectivity index (χ0n) is 15.4. The van der Waals surface area contributed by atoms with E-state index in [1.165, 1.54) is 11.3 Å². The fraction of sp³-hybridized carbons (Fsp3) is 0.381. The van der Waals surface area contributed by atoms with Crippen LogP contribution in [0.5, 0.6) is 0 Å². The Morgan fingerprint density at radius 2 is 1.78 bits per heavy atom. The number of benzene rings is 1. The Labute approximate surface area is 163 Å². The fourth-order valence-corrected chi connectivity index (χ4v) is 3.88. The molecule has 0 aliphatic carbocycles. The standard InChI is InChI=1S/C21H24N2O3S/c1-15-4-6-16(7-5-15)18(24)8-9-20(25)22-17-10-12-23(13-11-17)21(26)19-3-2-14-27-19/h2-7,14,17H,8-13H2,1H3,(H,22,25). The Morgan fingerprint density at radius 1 is 1.07 bits per heavy atom. The third-order valence-corrected chi connectivity index (χ3v) is 5.69. The van der Waals surface area contributed by atoms with Crippen molar-refractivity contribution in [1.29, 1.82) is 0 Å². The van der Waals surface area contributed by atoms with Gasteiger partial charge in [-0.1, -0.05) is 35.9 Å². The smallest absolute Gasteiger partial charge is 0.263 e. The number of nitrogens with zero attached hydrogens (tertiary/aromatic N) is 1. The predicted octanol–water partition coefficient (Wildman–Crippen LogP) is 3.44. The van der Waals surface area contributed by atoms with Crippen molar-refractivity contribution in [2.24, 2.45) is 0 Å². The predicted molar refractivity (Wildman–Crippen MR) is 106 cm³/mol. The lowest BCUT2D eigenvalue weighted by atomic mass is 10.0. The lowest BCUT2D eigenvalue weighted by Crippen LogP contribution is -2.46. The summed E-state index contributed by atoms with van der Waals surface area (Å²) >= 11 is 1.45. The van der Waals surface area contributed by atoms with Gasteiger partial charge in [0.05, 0.1) is 4.88 Å². The normalized spacial score (nSPS) is 14.8. The van der Waals surface area contributed by atoms with Gasteiger partial charge in [0, 0.05) is 37.5 Å². The van der Waals surface area contributed by atoms with E-state index in [4.69, 9.17) is 0 Å². The molecule has 1 N–H and O–H groups in total. The average molecular weight is 385 g/mol. The number of hydrogen-bond donors (Lipinski definition) is 1. The molecule has 1 aliphatic heterocycles. The van der Waals surface area contributed by atoms with E-state index in [0.717, 1.165) is 23.3 Å². The molecule has 5 nitrogen and oxygen atoms in total. The molecule has 0 unspecified atom stereocenters. The number of rotatable bonds is 6. The molecule has 0 saturated carbocycles. The van der Waals surface area contributed by atoms with Gasteiger partial charge in [-0.15, -0.1) is 11.3 Å². The number of ketones is 1. The van der Waals surface area contributed by atoms with Crippen LogP contribution in [0, 0.1) is 6.92 Å². The Bertz CT molecular complexity index is 791. The summed E-state index contributed by atoms with van der Waals surface area (Å²) in [6.45, 7) is 3.26. The van der Waals surface area contributed by atoms with Crippen molar-refractivity contribution in [3.8, 4) is 0 Å². The number of carbonyl (C=O) groups is 3. The van der Waals surface area contributed by atoms with Crippen LogP contribution in [-0.4, -0.2) is 41.6 Å². The number of Topliss-reactive ketones (excluding diaryl/α,β-unsaturated/α-hetero) is 1. The van der Waals surface area contributed by atoms with Crippen molar-refractivity contribution in [3.05, 3.63) is 57.8 Å². The second kappa shape index (κ2) is 8.95. The maximum absolute atomic E-state index is 12.3. The van der Waals surface area contributed by atoms with E-state index in [-0.39, 0.29) is 36.5 Å². The van der Waals surface area contributed by atoms with Gasteiger partial charge >= 0.3 is 0 Å². The zero-order valence-corrected chi connectivity index (χ0v) is 16.3. The number of thiophene rings is 1. The molecule has 1 aromatic heterocycles. The van der Waals surface area contributed by atoms with Crippen LogP contribution in [0.2, 0.25) is 0 Å². The first-order valence-corrected chi connectivity index (χ1v) is 10.1. The molecular formula is C21H24N2O3S. The van der Waals surface area contributed by atoms with Crippen LogP contribution in [0.25, 0.3) is 0 Å². The highest BCUT2D eigenvalue weighted by atomic mass is 32.1. The minimum atomic E-state index is -0.0986. The molecule has 27 heavy (non-hydrogen) atoms. The zero-order chi connectivity index (χ0) is 19.2. The second-order valence-corrected chi connectivity index (χ2v) is 7.85. The first kappa shape index (κ1) is 19.3. The minimum Gasteiger partial charge on any atom is -0.353 e. The molecule has 2 amide bonds. The molecule has 6 heteroatoms. The van der Waals surface area contributed by atoms with Gasteiger partial charge in [0.2, 0.25) is 5.91 Å². The molecule has 0 radical (unpaired) electrons. The van der Waals surface area contributed by atoms with E-state index in [9.17, 15) is 14.4 Å². The molecule has 0 bridgehead atoms. The largest absolute Gasteiger partial charge is 0.353 e. The van der Waals surface area contributed by atoms with Gasteiger partial charge in [0.15, 0.2) is 5.78 Å². The highest BCUT2D eigenvalue weighted by Gasteiger charge is 2.25. The van der Waals surface area contributed by atoms with Crippen LogP contribution < -0.4 is 5.32 Å². The molecule has 1 saturated heterocycles. The van der Waals surface area contributed by atoms with Crippen LogP contribution in [0.3, 0.4) is 0 Å². The summed E-state index contributed by atoms with van der Waals surface area (Å²) in [5, 5.41) is 4.90. The van der Waals surface area contributed by atoms with E-state index in [0.29, 0.717) is 18.7 Å². The van der Waals surface area contributed by atoms with Crippen LogP contribution in [0.15, 0.2) is 41.8 Å². The van der Waals surface area contributed by atoms with Crippen molar-refractivity contribution >= 4 is 28.9 Å². The first-order valence-electron chi connectivity index (χ1n) is 9.25. The molecule has 0 spiro atoms. The number of likely N-dealkylation sites (tertiary alicyclic amines) is 1. The van der Waals surface area contributed by atoms with Crippen LogP contribution in [-0.2, 0) is 4.79 Å². The first-order chi connectivity index (χ1) is 13.0. The van der Waals surface area contributed by atoms with Crippen LogP contribution >= 0.6 is 11.3 Å². The van der Waals surface area contributed by atoms with E-state index in [1.807, 2.05) is 41.5 Å². The Kier molecular flexibility index (Phi) is 6.40. The molecule has 142 valence electrons. The van der Waals surface area contributed by atoms with E-state index >= 15 is 0 Å². The Hall–Kier alpha value is -2.47. The van der Waals surface area contributed by atoms with Gasteiger partial charge in [-0.25, -0.2) is 0 Å². The number of aryl methyl sites for hydroxylation is 1. The molecular weight excluding hydrogens is 360 g/mol. The number of carbonyl (C=O) groups excluding carboxylic acids is 3. The summed E-state index contributed by atoms with van der Waals surface area (Å²) in [7, 11) is 0. The van der Waals surface area contributed by atoms with Gasteiger partial charge in [-0.05, 0) is 31.2 Å². The Balaban J connectivity index is 1.40. The quantitative estimate of drug-likeness (QED) is 0.776. The molecule has 2 aromatic rings. The summed E-state index contributed by atoms with van der Waals surface area (Å²) in [6.07, 6.45) is 1.90. The number of amides is 2. The fourth-order valence-electron chi connectivity index (χ4n) is 3.19. The lowest BCUT2D eigenvalue weighted by molar-refractivity contribution is -0.122. The monoisotopic (exact) mass is 384 g/mol. The van der Waals surface area contributed by atoms with Crippen molar-refractivity contribution in [2.75, 3.05) is 13.1 Å². The van der Waals surface area contributed by atoms with Crippen LogP contribution in [0.4, 0.5) is 0 Å². The molecule has 3 rings (SSSR count). The maximum atomic E-state index is 12.3. The Morgan fingerprint density at radius 3 is 2.41 bits per heavy atom. The number of hydrogen-bond acceptors (Lipinski definition) is 4. The highest BCUT2D eigenvalue weighted by Crippen LogP contribution is 2.17. The number of piperidine rings is 1. The van der Waals surface area contributed by atoms with Gasteiger partial charge in [-0.2, -0.15) is 0 Å². The third-order valence-electron chi connectivity index (χ3n) is 4.83. The van der Waals surface area contributed by atoms with Crippen molar-refractivity contribution in [1.82, 2.24) is 10.2 Å². The minimum absolute atomic E-state index is 0.0125. The van der Waals surface area contributed by atoms with Gasteiger partial charge in [0.25, 0.3) is 5.91 Å². The molecule has 1 fully saturated rings. The van der Waals surface area contributed by atoms with Crippen molar-refractivity contribution < 1.29 is 14.4 Å². The summed E-state index contributed by atoms with van der Waals surface area (Å²) in [6, 6.07) is 11.2. The van der Waals surface area contributed by atoms with Gasteiger partial charge < -0.3 is 10.2 Å². The highest BCUT2D eigenvalue weighted by molar-refractivity contribution is 7.12. The summed E-state index contributed by atoms with van der Waals surface area (Å²) < 4.78 is 0. The van der Waals surface area contributed by atoms with E-state index < -0.39 is 0 Å². The number of nitrogens with one attached hydrogen (secondary N) is 1. The van der Waals surface area contributed by atoms with Gasteiger partial charge in [0.1, 0.15) is 0 Å². The second-order valence-electron chi connectivity index (χ2n) is 6.90. The SMILES string of the molecule is Cc1ccc(C(=O)CCC(=O)NC2CCN(C(=O)c3cccs3)CC2)cc1. The lowest BCUT2D eigenvalue weighted by Gasteiger charge is -2.32. The summed E-state index contributed by atoms with van der Waals surface area (Å²) in [5.41, 5.74) is 1.75. The van der Waals surface area contributed by atoms with Crippen molar-refractivity contribution in [2.45, 2.75) is 38.6 Å². The maximum Gasteiger partial charge on any atom is 0.263 e. The summed E-state index contributed by atoms with van der Waals surface area (Å²) in [5.74, 6) is -0.0431. The molecule has 2 heterocycles. The summed E-state index contributed by atoms with van der Waals surface area (Å²) in [4.78, 5) is 39.3. The van der Waals surface area contributed by atoms with E-state index in [2.05, 4.69) is 5.32 Å². The molecule has 1 aliphatic rings. The van der Waals surface area contributed by atoms with Crippen LogP contribution in [0.1, 0.15) is 51.3 Å². The third kappa shape index (κ3) is 5.26. The van der Waals surface area contributed by atoms with Crippen molar-refractivity contribution in [3.63, 3.8) is 0 Å². The van der Waals surface area contributed by atoms with Gasteiger partial charge in [-0.3, -0.25) is 14.4 Å². The molecule has 0 atom stereocenters. The topological polar surface area (TPSA) is 66.5 Å². The molecule has 1 aromatic carbocycles. The average Bonchev–Trinajstić information content (AvgIpc) is 3.21.